The molecule has 5 heteroatoms. The quantitative estimate of drug-likeness (QED) is 0.776. The van der Waals surface area contributed by atoms with E-state index in [9.17, 15) is 9.59 Å². The first-order valence-electron chi connectivity index (χ1n) is 7.22. The molecule has 0 radical (unpaired) electrons. The zero-order chi connectivity index (χ0) is 14.0. The molecule has 2 N–H and O–H groups in total. The van der Waals surface area contributed by atoms with Crippen molar-refractivity contribution in [2.45, 2.75) is 64.0 Å². The molecule has 0 aromatic heterocycles. The van der Waals surface area contributed by atoms with Gasteiger partial charge in [0.25, 0.3) is 0 Å². The molecule has 108 valence electrons. The van der Waals surface area contributed by atoms with Gasteiger partial charge in [0, 0.05) is 12.6 Å². The van der Waals surface area contributed by atoms with Gasteiger partial charge in [0.05, 0.1) is 12.0 Å². The number of carbonyl (C=O) groups is 2. The second-order valence-corrected chi connectivity index (χ2v) is 6.41. The third kappa shape index (κ3) is 3.61. The molecule has 0 heterocycles. The van der Waals surface area contributed by atoms with E-state index in [1.54, 1.807) is 0 Å². The lowest BCUT2D eigenvalue weighted by atomic mass is 9.74. The van der Waals surface area contributed by atoms with Crippen molar-refractivity contribution in [2.75, 3.05) is 6.54 Å². The molecule has 0 atom stereocenters. The van der Waals surface area contributed by atoms with Crippen LogP contribution in [0, 0.1) is 5.92 Å². The fourth-order valence-corrected chi connectivity index (χ4v) is 2.72. The van der Waals surface area contributed by atoms with E-state index in [0.717, 1.165) is 38.6 Å². The van der Waals surface area contributed by atoms with Crippen molar-refractivity contribution < 1.29 is 14.7 Å². The number of rotatable bonds is 6. The lowest BCUT2D eigenvalue weighted by Crippen LogP contribution is -2.58. The maximum absolute atomic E-state index is 12.4. The zero-order valence-electron chi connectivity index (χ0n) is 11.8. The Labute approximate surface area is 114 Å². The SMILES string of the molecule is CC(C)CN(C(=O)NC1(CC(=O)O)CCC1)C1CC1. The number of hydrogen-bond donors (Lipinski definition) is 2. The molecule has 19 heavy (non-hydrogen) atoms. The van der Waals surface area contributed by atoms with Gasteiger partial charge in [-0.15, -0.1) is 0 Å². The number of carboxylic acids is 1. The molecule has 0 spiro atoms. The Hall–Kier alpha value is -1.26. The van der Waals surface area contributed by atoms with Crippen LogP contribution in [-0.4, -0.2) is 40.1 Å². The Morgan fingerprint density at radius 3 is 2.37 bits per heavy atom. The topological polar surface area (TPSA) is 69.6 Å². The summed E-state index contributed by atoms with van der Waals surface area (Å²) in [6.07, 6.45) is 4.76. The normalized spacial score (nSPS) is 20.8. The van der Waals surface area contributed by atoms with E-state index in [-0.39, 0.29) is 12.5 Å². The molecule has 2 fully saturated rings. The predicted molar refractivity (Wildman–Crippen MR) is 71.9 cm³/mol. The van der Waals surface area contributed by atoms with Crippen LogP contribution < -0.4 is 5.32 Å². The van der Waals surface area contributed by atoms with Gasteiger partial charge < -0.3 is 15.3 Å². The highest BCUT2D eigenvalue weighted by Crippen LogP contribution is 2.36. The summed E-state index contributed by atoms with van der Waals surface area (Å²) >= 11 is 0. The van der Waals surface area contributed by atoms with Crippen molar-refractivity contribution in [1.29, 1.82) is 0 Å². The van der Waals surface area contributed by atoms with E-state index >= 15 is 0 Å². The number of nitrogens with one attached hydrogen (secondary N) is 1. The van der Waals surface area contributed by atoms with E-state index in [2.05, 4.69) is 19.2 Å². The number of aliphatic carboxylic acids is 1. The van der Waals surface area contributed by atoms with Crippen LogP contribution in [0.3, 0.4) is 0 Å². The second-order valence-electron chi connectivity index (χ2n) is 6.41. The van der Waals surface area contributed by atoms with Crippen LogP contribution >= 0.6 is 0 Å². The van der Waals surface area contributed by atoms with E-state index < -0.39 is 11.5 Å². The van der Waals surface area contributed by atoms with Gasteiger partial charge in [-0.1, -0.05) is 13.8 Å². The summed E-state index contributed by atoms with van der Waals surface area (Å²) in [7, 11) is 0. The Balaban J connectivity index is 1.95. The fourth-order valence-electron chi connectivity index (χ4n) is 2.72. The van der Waals surface area contributed by atoms with E-state index in [4.69, 9.17) is 5.11 Å². The van der Waals surface area contributed by atoms with Crippen LogP contribution in [-0.2, 0) is 4.79 Å². The number of nitrogens with zero attached hydrogens (tertiary/aromatic N) is 1. The highest BCUT2D eigenvalue weighted by Gasteiger charge is 2.43. The lowest BCUT2D eigenvalue weighted by molar-refractivity contribution is -0.139. The Morgan fingerprint density at radius 2 is 2.00 bits per heavy atom. The van der Waals surface area contributed by atoms with Crippen molar-refractivity contribution >= 4 is 12.0 Å². The third-order valence-electron chi connectivity index (χ3n) is 3.98. The van der Waals surface area contributed by atoms with Gasteiger partial charge in [-0.2, -0.15) is 0 Å². The van der Waals surface area contributed by atoms with Crippen molar-refractivity contribution in [3.63, 3.8) is 0 Å². The molecule has 2 saturated carbocycles. The van der Waals surface area contributed by atoms with Crippen molar-refractivity contribution in [3.8, 4) is 0 Å². The van der Waals surface area contributed by atoms with Crippen LogP contribution in [0.15, 0.2) is 0 Å². The molecule has 0 unspecified atom stereocenters. The fraction of sp³-hybridized carbons (Fsp3) is 0.857. The Morgan fingerprint density at radius 1 is 1.37 bits per heavy atom. The molecule has 2 aliphatic carbocycles. The molecular weight excluding hydrogens is 244 g/mol. The predicted octanol–water partition coefficient (Wildman–Crippen LogP) is 2.21. The largest absolute Gasteiger partial charge is 0.481 e. The Kier molecular flexibility index (Phi) is 4.02. The summed E-state index contributed by atoms with van der Waals surface area (Å²) < 4.78 is 0. The number of urea groups is 1. The maximum Gasteiger partial charge on any atom is 0.318 e. The molecule has 2 rings (SSSR count). The minimum absolute atomic E-state index is 0.0406. The van der Waals surface area contributed by atoms with Crippen molar-refractivity contribution in [3.05, 3.63) is 0 Å². The van der Waals surface area contributed by atoms with Gasteiger partial charge in [0.2, 0.25) is 0 Å². The lowest BCUT2D eigenvalue weighted by Gasteiger charge is -2.43. The zero-order valence-corrected chi connectivity index (χ0v) is 11.8. The average molecular weight is 268 g/mol. The third-order valence-corrected chi connectivity index (χ3v) is 3.98. The molecule has 0 saturated heterocycles. The molecule has 2 aliphatic rings. The second kappa shape index (κ2) is 5.39. The van der Waals surface area contributed by atoms with Crippen molar-refractivity contribution in [1.82, 2.24) is 10.2 Å². The highest BCUT2D eigenvalue weighted by atomic mass is 16.4. The monoisotopic (exact) mass is 268 g/mol. The van der Waals surface area contributed by atoms with Crippen LogP contribution in [0.25, 0.3) is 0 Å². The summed E-state index contributed by atoms with van der Waals surface area (Å²) in [5.41, 5.74) is -0.493. The maximum atomic E-state index is 12.4. The summed E-state index contributed by atoms with van der Waals surface area (Å²) in [4.78, 5) is 25.2. The molecule has 0 aromatic carbocycles. The molecule has 0 bridgehead atoms. The van der Waals surface area contributed by atoms with Gasteiger partial charge >= 0.3 is 12.0 Å². The first kappa shape index (κ1) is 14.2. The van der Waals surface area contributed by atoms with E-state index in [0.29, 0.717) is 12.0 Å². The van der Waals surface area contributed by atoms with Crippen LogP contribution in [0.1, 0.15) is 52.4 Å². The molecule has 0 aromatic rings. The Bertz CT molecular complexity index is 360. The van der Waals surface area contributed by atoms with Gasteiger partial charge in [0.1, 0.15) is 0 Å². The van der Waals surface area contributed by atoms with Gasteiger partial charge in [-0.3, -0.25) is 4.79 Å². The standard InChI is InChI=1S/C14H24N2O3/c1-10(2)9-16(11-4-5-11)13(19)15-14(6-3-7-14)8-12(17)18/h10-11H,3-9H2,1-2H3,(H,15,19)(H,17,18). The summed E-state index contributed by atoms with van der Waals surface area (Å²) in [5, 5.41) is 12.0. The molecule has 0 aliphatic heterocycles. The van der Waals surface area contributed by atoms with Gasteiger partial charge in [-0.25, -0.2) is 4.79 Å². The first-order chi connectivity index (χ1) is 8.92. The molecule has 2 amide bonds. The minimum atomic E-state index is -0.832. The number of carbonyl (C=O) groups excluding carboxylic acids is 1. The molecule has 5 nitrogen and oxygen atoms in total. The van der Waals surface area contributed by atoms with Gasteiger partial charge in [-0.05, 0) is 38.0 Å². The van der Waals surface area contributed by atoms with Crippen LogP contribution in [0.5, 0.6) is 0 Å². The van der Waals surface area contributed by atoms with E-state index in [1.165, 1.54) is 0 Å². The van der Waals surface area contributed by atoms with Crippen molar-refractivity contribution in [2.24, 2.45) is 5.92 Å². The minimum Gasteiger partial charge on any atom is -0.481 e. The van der Waals surface area contributed by atoms with Gasteiger partial charge in [0.15, 0.2) is 0 Å². The van der Waals surface area contributed by atoms with E-state index in [1.807, 2.05) is 4.90 Å². The number of carboxylic acid groups (broad SMARTS) is 1. The number of hydrogen-bond acceptors (Lipinski definition) is 2. The van der Waals surface area contributed by atoms with Crippen LogP contribution in [0.4, 0.5) is 4.79 Å². The first-order valence-corrected chi connectivity index (χ1v) is 7.22. The smallest absolute Gasteiger partial charge is 0.318 e. The summed E-state index contributed by atoms with van der Waals surface area (Å²) in [6.45, 7) is 4.94. The summed E-state index contributed by atoms with van der Waals surface area (Å²) in [5.74, 6) is -0.398. The summed E-state index contributed by atoms with van der Waals surface area (Å²) in [6, 6.07) is 0.293. The number of amides is 2. The molecular formula is C14H24N2O3. The average Bonchev–Trinajstić information content (AvgIpc) is 3.05. The van der Waals surface area contributed by atoms with Crippen LogP contribution in [0.2, 0.25) is 0 Å². The highest BCUT2D eigenvalue weighted by molar-refractivity contribution is 5.77.